The van der Waals surface area contributed by atoms with E-state index in [9.17, 15) is 4.79 Å². The molecule has 1 amide bonds. The highest BCUT2D eigenvalue weighted by molar-refractivity contribution is 6.60. The molecule has 2 N–H and O–H groups in total. The fraction of sp³-hybridized carbons (Fsp3) is 0.962. The molecule has 0 aliphatic rings. The van der Waals surface area contributed by atoms with Gasteiger partial charge in [-0.05, 0) is 19.4 Å². The zero-order chi connectivity index (χ0) is 24.5. The van der Waals surface area contributed by atoms with Crippen LogP contribution in [0.3, 0.4) is 0 Å². The third-order valence-corrected chi connectivity index (χ3v) is 9.23. The molecule has 0 radical (unpaired) electrons. The van der Waals surface area contributed by atoms with Crippen LogP contribution in [0.1, 0.15) is 116 Å². The number of rotatable bonds is 26. The molecule has 0 spiro atoms. The molecule has 0 aromatic carbocycles. The Morgan fingerprint density at radius 3 is 1.52 bits per heavy atom. The molecular formula is C26H56N2O4Si. The Balaban J connectivity index is 3.31. The maximum atomic E-state index is 11.9. The van der Waals surface area contributed by atoms with Gasteiger partial charge in [0.25, 0.3) is 0 Å². The number of amides is 1. The van der Waals surface area contributed by atoms with Crippen molar-refractivity contribution in [1.82, 2.24) is 10.6 Å². The molecule has 0 heterocycles. The summed E-state index contributed by atoms with van der Waals surface area (Å²) in [5, 5.41) is 6.35. The Hall–Kier alpha value is -0.473. The topological polar surface area (TPSA) is 68.8 Å². The average molecular weight is 489 g/mol. The molecule has 0 saturated carbocycles. The molecule has 0 aromatic heterocycles. The zero-order valence-electron chi connectivity index (χ0n) is 22.5. The molecule has 0 aliphatic heterocycles. The van der Waals surface area contributed by atoms with Crippen molar-refractivity contribution >= 4 is 14.7 Å². The summed E-state index contributed by atoms with van der Waals surface area (Å²) in [4.78, 5) is 11.9. The molecule has 0 rings (SSSR count). The third kappa shape index (κ3) is 20.6. The van der Waals surface area contributed by atoms with Crippen molar-refractivity contribution in [2.45, 2.75) is 122 Å². The average Bonchev–Trinajstić information content (AvgIpc) is 2.83. The second kappa shape index (κ2) is 24.6. The summed E-state index contributed by atoms with van der Waals surface area (Å²) >= 11 is 0. The lowest BCUT2D eigenvalue weighted by Gasteiger charge is -2.24. The SMILES string of the molecule is CCCCCCCCCCCCCCCCCC(=O)NCCNCCC[Si](OC)(OC)OC. The highest BCUT2D eigenvalue weighted by Gasteiger charge is 2.36. The quantitative estimate of drug-likeness (QED) is 0.112. The van der Waals surface area contributed by atoms with Crippen molar-refractivity contribution in [3.8, 4) is 0 Å². The number of nitrogens with one attached hydrogen (secondary N) is 2. The van der Waals surface area contributed by atoms with Crippen LogP contribution in [-0.4, -0.2) is 55.7 Å². The molecule has 0 aromatic rings. The van der Waals surface area contributed by atoms with Crippen LogP contribution in [-0.2, 0) is 18.1 Å². The summed E-state index contributed by atoms with van der Waals surface area (Å²) in [5.74, 6) is 0.177. The monoisotopic (exact) mass is 488 g/mol. The summed E-state index contributed by atoms with van der Waals surface area (Å²) in [5.41, 5.74) is 0. The van der Waals surface area contributed by atoms with E-state index in [2.05, 4.69) is 17.6 Å². The second-order valence-corrected chi connectivity index (χ2v) is 12.3. The van der Waals surface area contributed by atoms with Gasteiger partial charge in [0, 0.05) is 46.9 Å². The fourth-order valence-electron chi connectivity index (χ4n) is 4.15. The van der Waals surface area contributed by atoms with Gasteiger partial charge >= 0.3 is 8.80 Å². The van der Waals surface area contributed by atoms with Crippen molar-refractivity contribution in [1.29, 1.82) is 0 Å². The summed E-state index contributed by atoms with van der Waals surface area (Å²) in [6.45, 7) is 4.60. The smallest absolute Gasteiger partial charge is 0.377 e. The maximum Gasteiger partial charge on any atom is 0.500 e. The molecule has 0 atom stereocenters. The molecule has 0 saturated heterocycles. The zero-order valence-corrected chi connectivity index (χ0v) is 23.5. The van der Waals surface area contributed by atoms with Gasteiger partial charge in [-0.2, -0.15) is 0 Å². The second-order valence-electron chi connectivity index (χ2n) is 9.20. The van der Waals surface area contributed by atoms with Crippen molar-refractivity contribution < 1.29 is 18.1 Å². The summed E-state index contributed by atoms with van der Waals surface area (Å²) in [6.07, 6.45) is 21.8. The number of carbonyl (C=O) groups is 1. The number of hydrogen-bond acceptors (Lipinski definition) is 5. The third-order valence-electron chi connectivity index (χ3n) is 6.40. The Morgan fingerprint density at radius 1 is 0.606 bits per heavy atom. The standard InChI is InChI=1S/C26H56N2O4Si/c1-5-6-7-8-9-10-11-12-13-14-15-16-17-18-19-21-26(29)28-24-23-27-22-20-25-33(30-2,31-3)32-4/h27H,5-25H2,1-4H3,(H,28,29). The van der Waals surface area contributed by atoms with E-state index >= 15 is 0 Å². The lowest BCUT2D eigenvalue weighted by Crippen LogP contribution is -2.43. The number of carbonyl (C=O) groups excluding carboxylic acids is 1. The molecule has 0 bridgehead atoms. The highest BCUT2D eigenvalue weighted by Crippen LogP contribution is 2.15. The summed E-state index contributed by atoms with van der Waals surface area (Å²) < 4.78 is 16.2. The number of hydrogen-bond donors (Lipinski definition) is 2. The minimum absolute atomic E-state index is 0.177. The van der Waals surface area contributed by atoms with Gasteiger partial charge in [0.05, 0.1) is 0 Å². The van der Waals surface area contributed by atoms with Crippen molar-refractivity contribution in [3.05, 3.63) is 0 Å². The normalized spacial score (nSPS) is 11.8. The molecule has 6 nitrogen and oxygen atoms in total. The minimum Gasteiger partial charge on any atom is -0.377 e. The van der Waals surface area contributed by atoms with Gasteiger partial charge in [-0.3, -0.25) is 4.79 Å². The molecular weight excluding hydrogens is 432 g/mol. The Bertz CT molecular complexity index is 415. The molecule has 7 heteroatoms. The van der Waals surface area contributed by atoms with Crippen molar-refractivity contribution in [3.63, 3.8) is 0 Å². The van der Waals surface area contributed by atoms with Gasteiger partial charge in [0.1, 0.15) is 0 Å². The Kier molecular flexibility index (Phi) is 24.3. The van der Waals surface area contributed by atoms with Crippen LogP contribution in [0, 0.1) is 0 Å². The van der Waals surface area contributed by atoms with Gasteiger partial charge in [0.15, 0.2) is 0 Å². The molecule has 33 heavy (non-hydrogen) atoms. The predicted octanol–water partition coefficient (Wildman–Crippen LogP) is 6.22. The highest BCUT2D eigenvalue weighted by atomic mass is 28.4. The van der Waals surface area contributed by atoms with Gasteiger partial charge in [0.2, 0.25) is 5.91 Å². The van der Waals surface area contributed by atoms with Crippen LogP contribution in [0.25, 0.3) is 0 Å². The van der Waals surface area contributed by atoms with Gasteiger partial charge in [-0.1, -0.05) is 96.8 Å². The van der Waals surface area contributed by atoms with Gasteiger partial charge in [-0.25, -0.2) is 0 Å². The van der Waals surface area contributed by atoms with E-state index in [1.807, 2.05) is 0 Å². The fourth-order valence-corrected chi connectivity index (χ4v) is 5.87. The summed E-state index contributed by atoms with van der Waals surface area (Å²) in [6, 6.07) is 0.787. The van der Waals surface area contributed by atoms with E-state index in [4.69, 9.17) is 13.3 Å². The van der Waals surface area contributed by atoms with Crippen LogP contribution in [0.15, 0.2) is 0 Å². The van der Waals surface area contributed by atoms with E-state index in [1.54, 1.807) is 21.3 Å². The molecule has 0 aliphatic carbocycles. The molecule has 0 unspecified atom stereocenters. The van der Waals surface area contributed by atoms with Crippen molar-refractivity contribution in [2.75, 3.05) is 41.0 Å². The van der Waals surface area contributed by atoms with Gasteiger partial charge < -0.3 is 23.9 Å². The van der Waals surface area contributed by atoms with E-state index in [0.29, 0.717) is 13.0 Å². The number of unbranched alkanes of at least 4 members (excludes halogenated alkanes) is 14. The van der Waals surface area contributed by atoms with Crippen LogP contribution in [0.2, 0.25) is 6.04 Å². The Labute approximate surface area is 206 Å². The lowest BCUT2D eigenvalue weighted by atomic mass is 10.0. The van der Waals surface area contributed by atoms with E-state index in [1.165, 1.54) is 89.9 Å². The van der Waals surface area contributed by atoms with Crippen LogP contribution in [0.5, 0.6) is 0 Å². The first-order valence-electron chi connectivity index (χ1n) is 13.8. The first kappa shape index (κ1) is 32.5. The van der Waals surface area contributed by atoms with Crippen LogP contribution in [0.4, 0.5) is 0 Å². The largest absolute Gasteiger partial charge is 0.500 e. The van der Waals surface area contributed by atoms with E-state index in [-0.39, 0.29) is 5.91 Å². The summed E-state index contributed by atoms with van der Waals surface area (Å²) in [7, 11) is 2.46. The molecule has 198 valence electrons. The maximum absolute atomic E-state index is 11.9. The lowest BCUT2D eigenvalue weighted by molar-refractivity contribution is -0.121. The van der Waals surface area contributed by atoms with Gasteiger partial charge in [-0.15, -0.1) is 0 Å². The van der Waals surface area contributed by atoms with E-state index < -0.39 is 8.80 Å². The van der Waals surface area contributed by atoms with Crippen molar-refractivity contribution in [2.24, 2.45) is 0 Å². The van der Waals surface area contributed by atoms with Crippen LogP contribution < -0.4 is 10.6 Å². The minimum atomic E-state index is -2.46. The Morgan fingerprint density at radius 2 is 1.06 bits per heavy atom. The van der Waals surface area contributed by atoms with Crippen LogP contribution >= 0.6 is 0 Å². The first-order chi connectivity index (χ1) is 16.1. The molecule has 0 fully saturated rings. The first-order valence-corrected chi connectivity index (χ1v) is 15.7. The van der Waals surface area contributed by atoms with E-state index in [0.717, 1.165) is 32.0 Å². The predicted molar refractivity (Wildman–Crippen MR) is 142 cm³/mol.